The van der Waals surface area contributed by atoms with Gasteiger partial charge in [-0.15, -0.1) is 11.3 Å². The van der Waals surface area contributed by atoms with Crippen molar-refractivity contribution < 1.29 is 0 Å². The van der Waals surface area contributed by atoms with Crippen LogP contribution in [0.2, 0.25) is 0 Å². The lowest BCUT2D eigenvalue weighted by Crippen LogP contribution is -1.85. The van der Waals surface area contributed by atoms with E-state index in [1.54, 1.807) is 11.3 Å². The van der Waals surface area contributed by atoms with Crippen molar-refractivity contribution >= 4 is 17.2 Å². The molecule has 0 saturated heterocycles. The molecule has 0 aliphatic heterocycles. The smallest absolute Gasteiger partial charge is 0.148 e. The molecule has 2 heterocycles. The molecule has 3 nitrogen and oxygen atoms in total. The van der Waals surface area contributed by atoms with E-state index in [4.69, 9.17) is 0 Å². The Labute approximate surface area is 80.8 Å². The van der Waals surface area contributed by atoms with Crippen molar-refractivity contribution in [3.05, 3.63) is 23.1 Å². The van der Waals surface area contributed by atoms with Crippen molar-refractivity contribution in [1.82, 2.24) is 10.2 Å². The van der Waals surface area contributed by atoms with E-state index in [0.29, 0.717) is 0 Å². The quantitative estimate of drug-likeness (QED) is 0.769. The third-order valence-corrected chi connectivity index (χ3v) is 2.87. The lowest BCUT2D eigenvalue weighted by molar-refractivity contribution is 1.09. The summed E-state index contributed by atoms with van der Waals surface area (Å²) in [5, 5.41) is 10.1. The number of nitrogens with zero attached hydrogens (tertiary/aromatic N) is 1. The van der Waals surface area contributed by atoms with Gasteiger partial charge in [0.05, 0.1) is 10.6 Å². The van der Waals surface area contributed by atoms with Crippen LogP contribution in [0.25, 0.3) is 10.6 Å². The largest absolute Gasteiger partial charge is 0.372 e. The van der Waals surface area contributed by atoms with Crippen molar-refractivity contribution in [3.63, 3.8) is 0 Å². The Hall–Kier alpha value is -1.29. The Balaban J connectivity index is 2.35. The Morgan fingerprint density at radius 2 is 2.31 bits per heavy atom. The summed E-state index contributed by atoms with van der Waals surface area (Å²) in [5.74, 6) is 0.876. The standard InChI is InChI=1S/C9H11N3S/c1-6-3-4-8(13-6)7-5-9(10-2)12-11-7/h3-5H,1-2H3,(H2,10,11,12). The van der Waals surface area contributed by atoms with Gasteiger partial charge in [-0.3, -0.25) is 5.10 Å². The number of aromatic amines is 1. The molecule has 0 amide bonds. The molecule has 0 aliphatic carbocycles. The molecule has 2 aromatic rings. The second-order valence-corrected chi connectivity index (χ2v) is 4.12. The predicted molar refractivity (Wildman–Crippen MR) is 56.2 cm³/mol. The fourth-order valence-electron chi connectivity index (χ4n) is 1.16. The van der Waals surface area contributed by atoms with Gasteiger partial charge in [0.2, 0.25) is 0 Å². The van der Waals surface area contributed by atoms with Crippen LogP contribution in [0.1, 0.15) is 4.88 Å². The van der Waals surface area contributed by atoms with Gasteiger partial charge in [-0.2, -0.15) is 5.10 Å². The molecule has 0 saturated carbocycles. The van der Waals surface area contributed by atoms with E-state index in [2.05, 4.69) is 34.6 Å². The number of aromatic nitrogens is 2. The lowest BCUT2D eigenvalue weighted by Gasteiger charge is -1.87. The number of hydrogen-bond donors (Lipinski definition) is 2. The second-order valence-electron chi connectivity index (χ2n) is 2.83. The fourth-order valence-corrected chi connectivity index (χ4v) is 1.99. The highest BCUT2D eigenvalue weighted by Gasteiger charge is 2.03. The van der Waals surface area contributed by atoms with Crippen molar-refractivity contribution in [2.45, 2.75) is 6.92 Å². The third kappa shape index (κ3) is 1.58. The molecule has 0 radical (unpaired) electrons. The number of hydrogen-bond acceptors (Lipinski definition) is 3. The summed E-state index contributed by atoms with van der Waals surface area (Å²) in [6.07, 6.45) is 0. The highest BCUT2D eigenvalue weighted by Crippen LogP contribution is 2.27. The van der Waals surface area contributed by atoms with Gasteiger partial charge in [0.15, 0.2) is 0 Å². The molecular formula is C9H11N3S. The van der Waals surface area contributed by atoms with Gasteiger partial charge in [-0.1, -0.05) is 0 Å². The minimum atomic E-state index is 0.876. The molecule has 0 aromatic carbocycles. The van der Waals surface area contributed by atoms with E-state index in [1.807, 2.05) is 13.1 Å². The summed E-state index contributed by atoms with van der Waals surface area (Å²) < 4.78 is 0. The Morgan fingerprint density at radius 1 is 1.46 bits per heavy atom. The summed E-state index contributed by atoms with van der Waals surface area (Å²) in [4.78, 5) is 2.54. The molecular weight excluding hydrogens is 182 g/mol. The molecule has 13 heavy (non-hydrogen) atoms. The van der Waals surface area contributed by atoms with E-state index in [9.17, 15) is 0 Å². The molecule has 0 spiro atoms. The Kier molecular flexibility index (Phi) is 2.06. The molecule has 2 aromatic heterocycles. The maximum absolute atomic E-state index is 4.09. The van der Waals surface area contributed by atoms with Crippen LogP contribution in [-0.4, -0.2) is 17.2 Å². The zero-order valence-corrected chi connectivity index (χ0v) is 8.40. The molecule has 0 unspecified atom stereocenters. The predicted octanol–water partition coefficient (Wildman–Crippen LogP) is 2.49. The summed E-state index contributed by atoms with van der Waals surface area (Å²) in [5.41, 5.74) is 1.07. The van der Waals surface area contributed by atoms with E-state index in [-0.39, 0.29) is 0 Å². The molecule has 2 rings (SSSR count). The first kappa shape index (κ1) is 8.31. The molecule has 0 aliphatic rings. The highest BCUT2D eigenvalue weighted by atomic mass is 32.1. The zero-order valence-electron chi connectivity index (χ0n) is 7.59. The van der Waals surface area contributed by atoms with Crippen molar-refractivity contribution in [1.29, 1.82) is 0 Å². The number of thiophene rings is 1. The SMILES string of the molecule is CNc1cc(-c2ccc(C)s2)[nH]n1. The van der Waals surface area contributed by atoms with Crippen molar-refractivity contribution in [2.24, 2.45) is 0 Å². The maximum Gasteiger partial charge on any atom is 0.148 e. The van der Waals surface area contributed by atoms with Crippen molar-refractivity contribution in [2.75, 3.05) is 12.4 Å². The highest BCUT2D eigenvalue weighted by molar-refractivity contribution is 7.15. The minimum Gasteiger partial charge on any atom is -0.372 e. The molecule has 4 heteroatoms. The van der Waals surface area contributed by atoms with Crippen LogP contribution in [0.3, 0.4) is 0 Å². The summed E-state index contributed by atoms with van der Waals surface area (Å²) in [6.45, 7) is 2.10. The van der Waals surface area contributed by atoms with E-state index >= 15 is 0 Å². The van der Waals surface area contributed by atoms with Crippen molar-refractivity contribution in [3.8, 4) is 10.6 Å². The summed E-state index contributed by atoms with van der Waals surface area (Å²) >= 11 is 1.77. The van der Waals surface area contributed by atoms with Gasteiger partial charge in [-0.25, -0.2) is 0 Å². The number of nitrogens with one attached hydrogen (secondary N) is 2. The molecule has 0 bridgehead atoms. The van der Waals surface area contributed by atoms with Crippen LogP contribution in [0, 0.1) is 6.92 Å². The van der Waals surface area contributed by atoms with Crippen LogP contribution in [-0.2, 0) is 0 Å². The Morgan fingerprint density at radius 3 is 2.85 bits per heavy atom. The van der Waals surface area contributed by atoms with Gasteiger partial charge < -0.3 is 5.32 Å². The number of anilines is 1. The fraction of sp³-hybridized carbons (Fsp3) is 0.222. The van der Waals surface area contributed by atoms with Gasteiger partial charge in [0.25, 0.3) is 0 Å². The third-order valence-electron chi connectivity index (χ3n) is 1.84. The van der Waals surface area contributed by atoms with Gasteiger partial charge >= 0.3 is 0 Å². The average molecular weight is 193 g/mol. The Bertz CT molecular complexity index is 402. The summed E-state index contributed by atoms with van der Waals surface area (Å²) in [6, 6.07) is 6.22. The number of H-pyrrole nitrogens is 1. The van der Waals surface area contributed by atoms with Gasteiger partial charge in [0, 0.05) is 18.0 Å². The first-order chi connectivity index (χ1) is 6.29. The van der Waals surface area contributed by atoms with Crippen LogP contribution in [0.15, 0.2) is 18.2 Å². The number of aryl methyl sites for hydroxylation is 1. The van der Waals surface area contributed by atoms with Crippen LogP contribution >= 0.6 is 11.3 Å². The molecule has 0 atom stereocenters. The number of rotatable bonds is 2. The van der Waals surface area contributed by atoms with Crippen LogP contribution in [0.5, 0.6) is 0 Å². The molecule has 2 N–H and O–H groups in total. The first-order valence-corrected chi connectivity index (χ1v) is 4.91. The molecule has 0 fully saturated rings. The van der Waals surface area contributed by atoms with Gasteiger partial charge in [-0.05, 0) is 19.1 Å². The normalized spacial score (nSPS) is 10.3. The van der Waals surface area contributed by atoms with E-state index in [0.717, 1.165) is 11.5 Å². The minimum absolute atomic E-state index is 0.876. The zero-order chi connectivity index (χ0) is 9.26. The van der Waals surface area contributed by atoms with Gasteiger partial charge in [0.1, 0.15) is 5.82 Å². The van der Waals surface area contributed by atoms with E-state index in [1.165, 1.54) is 9.75 Å². The topological polar surface area (TPSA) is 40.7 Å². The molecule has 68 valence electrons. The maximum atomic E-state index is 4.09. The van der Waals surface area contributed by atoms with E-state index < -0.39 is 0 Å². The monoisotopic (exact) mass is 193 g/mol. The van der Waals surface area contributed by atoms with Crippen LogP contribution in [0.4, 0.5) is 5.82 Å². The second kappa shape index (κ2) is 3.22. The lowest BCUT2D eigenvalue weighted by atomic mass is 10.3. The summed E-state index contributed by atoms with van der Waals surface area (Å²) in [7, 11) is 1.86. The first-order valence-electron chi connectivity index (χ1n) is 4.09. The van der Waals surface area contributed by atoms with Crippen LogP contribution < -0.4 is 5.32 Å². The average Bonchev–Trinajstić information content (AvgIpc) is 2.71.